The van der Waals surface area contributed by atoms with E-state index in [-0.39, 0.29) is 0 Å². The summed E-state index contributed by atoms with van der Waals surface area (Å²) in [5.41, 5.74) is 3.04. The summed E-state index contributed by atoms with van der Waals surface area (Å²) in [7, 11) is 0. The quantitative estimate of drug-likeness (QED) is 0.903. The van der Waals surface area contributed by atoms with Crippen LogP contribution in [-0.2, 0) is 18.4 Å². The van der Waals surface area contributed by atoms with E-state index in [4.69, 9.17) is 9.47 Å². The molecule has 0 unspecified atom stereocenters. The summed E-state index contributed by atoms with van der Waals surface area (Å²) in [5.74, 6) is 1.50. The lowest BCUT2D eigenvalue weighted by atomic mass is 9.83. The van der Waals surface area contributed by atoms with Crippen LogP contribution in [0.2, 0.25) is 0 Å². The van der Waals surface area contributed by atoms with Crippen LogP contribution in [-0.4, -0.2) is 42.4 Å². The molecular formula is C22H25NO3. The van der Waals surface area contributed by atoms with Crippen molar-refractivity contribution in [1.82, 2.24) is 4.90 Å². The summed E-state index contributed by atoms with van der Waals surface area (Å²) in [6, 6.07) is 15.2. The number of nitrogens with zero attached hydrogens (tertiary/aromatic N) is 1. The van der Waals surface area contributed by atoms with Gasteiger partial charge in [0.2, 0.25) is 0 Å². The zero-order chi connectivity index (χ0) is 17.6. The minimum absolute atomic E-state index is 0.548. The number of hydrogen-bond donors (Lipinski definition) is 1. The van der Waals surface area contributed by atoms with Crippen LogP contribution >= 0.6 is 0 Å². The van der Waals surface area contributed by atoms with E-state index in [1.54, 1.807) is 0 Å². The maximum absolute atomic E-state index is 11.4. The molecule has 0 aromatic heterocycles. The lowest BCUT2D eigenvalue weighted by Crippen LogP contribution is -2.47. The maximum atomic E-state index is 11.4. The van der Waals surface area contributed by atoms with Gasteiger partial charge in [0.1, 0.15) is 13.2 Å². The first-order valence-electron chi connectivity index (χ1n) is 9.65. The van der Waals surface area contributed by atoms with Gasteiger partial charge in [-0.25, -0.2) is 0 Å². The minimum atomic E-state index is -0.825. The number of benzene rings is 2. The molecule has 1 N–H and O–H groups in total. The smallest absolute Gasteiger partial charge is 0.167 e. The van der Waals surface area contributed by atoms with Crippen LogP contribution in [0, 0.1) is 0 Å². The van der Waals surface area contributed by atoms with Gasteiger partial charge in [-0.05, 0) is 42.9 Å². The van der Waals surface area contributed by atoms with E-state index in [0.29, 0.717) is 19.3 Å². The summed E-state index contributed by atoms with van der Waals surface area (Å²) >= 11 is 0. The van der Waals surface area contributed by atoms with Crippen molar-refractivity contribution >= 4 is 0 Å². The molecule has 3 aliphatic rings. The first-order chi connectivity index (χ1) is 12.7. The molecule has 1 fully saturated rings. The summed E-state index contributed by atoms with van der Waals surface area (Å²) in [6.07, 6.45) is 3.73. The molecule has 2 heterocycles. The van der Waals surface area contributed by atoms with E-state index < -0.39 is 5.60 Å². The van der Waals surface area contributed by atoms with Crippen molar-refractivity contribution in [1.29, 1.82) is 0 Å². The number of fused-ring (bicyclic) bond motifs is 2. The van der Waals surface area contributed by atoms with Crippen LogP contribution in [0.3, 0.4) is 0 Å². The minimum Gasteiger partial charge on any atom is -0.486 e. The van der Waals surface area contributed by atoms with Gasteiger partial charge in [0.25, 0.3) is 0 Å². The molecule has 1 aliphatic carbocycles. The molecule has 4 nitrogen and oxygen atoms in total. The standard InChI is InChI=1S/C22H25NO3/c24-22(19-6-3-7-20-21(19)26-13-12-25-20)8-10-23(11-9-22)18-14-16-4-1-2-5-17(16)15-18/h1-7,18,24H,8-15H2. The Hall–Kier alpha value is -2.04. The highest BCUT2D eigenvalue weighted by Gasteiger charge is 2.40. The Labute approximate surface area is 154 Å². The van der Waals surface area contributed by atoms with Crippen molar-refractivity contribution in [3.05, 3.63) is 59.2 Å². The summed E-state index contributed by atoms with van der Waals surface area (Å²) in [6.45, 7) is 2.96. The Morgan fingerprint density at radius 1 is 0.885 bits per heavy atom. The number of likely N-dealkylation sites (tertiary alicyclic amines) is 1. The zero-order valence-corrected chi connectivity index (χ0v) is 15.0. The maximum Gasteiger partial charge on any atom is 0.167 e. The summed E-state index contributed by atoms with van der Waals surface area (Å²) in [5, 5.41) is 11.4. The van der Waals surface area contributed by atoms with E-state index in [0.717, 1.165) is 55.8 Å². The Kier molecular flexibility index (Phi) is 3.91. The van der Waals surface area contributed by atoms with Crippen molar-refractivity contribution in [2.45, 2.75) is 37.3 Å². The number of ether oxygens (including phenoxy) is 2. The van der Waals surface area contributed by atoms with Crippen LogP contribution < -0.4 is 9.47 Å². The molecule has 0 atom stereocenters. The van der Waals surface area contributed by atoms with Gasteiger partial charge in [-0.15, -0.1) is 0 Å². The zero-order valence-electron chi connectivity index (χ0n) is 15.0. The first kappa shape index (κ1) is 16.2. The molecule has 136 valence electrons. The molecule has 1 saturated heterocycles. The molecule has 26 heavy (non-hydrogen) atoms. The predicted molar refractivity (Wildman–Crippen MR) is 99.8 cm³/mol. The van der Waals surface area contributed by atoms with E-state index in [1.165, 1.54) is 11.1 Å². The van der Waals surface area contributed by atoms with Crippen LogP contribution in [0.25, 0.3) is 0 Å². The van der Waals surface area contributed by atoms with Gasteiger partial charge < -0.3 is 14.6 Å². The second-order valence-corrected chi connectivity index (χ2v) is 7.73. The van der Waals surface area contributed by atoms with Gasteiger partial charge in [0.15, 0.2) is 11.5 Å². The number of rotatable bonds is 2. The van der Waals surface area contributed by atoms with Gasteiger partial charge >= 0.3 is 0 Å². The molecule has 0 bridgehead atoms. The average molecular weight is 351 g/mol. The molecule has 0 amide bonds. The van der Waals surface area contributed by atoms with Gasteiger partial charge in [-0.3, -0.25) is 4.90 Å². The van der Waals surface area contributed by atoms with Crippen LogP contribution in [0.5, 0.6) is 11.5 Å². The largest absolute Gasteiger partial charge is 0.486 e. The third-order valence-corrected chi connectivity index (χ3v) is 6.24. The first-order valence-corrected chi connectivity index (χ1v) is 9.65. The molecule has 0 saturated carbocycles. The number of para-hydroxylation sites is 1. The molecule has 2 aliphatic heterocycles. The van der Waals surface area contributed by atoms with Crippen molar-refractivity contribution in [3.63, 3.8) is 0 Å². The Balaban J connectivity index is 1.32. The number of piperidine rings is 1. The molecule has 0 spiro atoms. The van der Waals surface area contributed by atoms with Gasteiger partial charge in [-0.1, -0.05) is 36.4 Å². The van der Waals surface area contributed by atoms with Gasteiger partial charge in [0, 0.05) is 24.7 Å². The summed E-state index contributed by atoms with van der Waals surface area (Å²) < 4.78 is 11.5. The van der Waals surface area contributed by atoms with Crippen molar-refractivity contribution in [2.75, 3.05) is 26.3 Å². The van der Waals surface area contributed by atoms with E-state index >= 15 is 0 Å². The fourth-order valence-corrected chi connectivity index (χ4v) is 4.76. The molecule has 5 rings (SSSR count). The predicted octanol–water partition coefficient (Wildman–Crippen LogP) is 2.91. The molecule has 0 radical (unpaired) electrons. The monoisotopic (exact) mass is 351 g/mol. The van der Waals surface area contributed by atoms with E-state index in [1.807, 2.05) is 18.2 Å². The van der Waals surface area contributed by atoms with Crippen LogP contribution in [0.4, 0.5) is 0 Å². The lowest BCUT2D eigenvalue weighted by molar-refractivity contribution is -0.0373. The third kappa shape index (κ3) is 2.68. The highest BCUT2D eigenvalue weighted by molar-refractivity contribution is 5.50. The van der Waals surface area contributed by atoms with E-state index in [2.05, 4.69) is 29.2 Å². The van der Waals surface area contributed by atoms with Crippen molar-refractivity contribution < 1.29 is 14.6 Å². The molecule has 4 heteroatoms. The lowest BCUT2D eigenvalue weighted by Gasteiger charge is -2.42. The highest BCUT2D eigenvalue weighted by atomic mass is 16.6. The molecule has 2 aromatic rings. The van der Waals surface area contributed by atoms with Crippen molar-refractivity contribution in [3.8, 4) is 11.5 Å². The molecule has 2 aromatic carbocycles. The van der Waals surface area contributed by atoms with Gasteiger partial charge in [-0.2, -0.15) is 0 Å². The van der Waals surface area contributed by atoms with E-state index in [9.17, 15) is 5.11 Å². The average Bonchev–Trinajstić information content (AvgIpc) is 3.12. The highest BCUT2D eigenvalue weighted by Crippen LogP contribution is 2.44. The second kappa shape index (κ2) is 6.29. The second-order valence-electron chi connectivity index (χ2n) is 7.73. The Bertz CT molecular complexity index is 786. The van der Waals surface area contributed by atoms with Gasteiger partial charge in [0.05, 0.1) is 5.60 Å². The van der Waals surface area contributed by atoms with Crippen LogP contribution in [0.1, 0.15) is 29.5 Å². The SMILES string of the molecule is OC1(c2cccc3c2OCCO3)CCN(C2Cc3ccccc3C2)CC1. The number of hydrogen-bond acceptors (Lipinski definition) is 4. The van der Waals surface area contributed by atoms with Crippen LogP contribution in [0.15, 0.2) is 42.5 Å². The Morgan fingerprint density at radius 2 is 1.58 bits per heavy atom. The number of aliphatic hydroxyl groups is 1. The summed E-state index contributed by atoms with van der Waals surface area (Å²) in [4.78, 5) is 2.56. The Morgan fingerprint density at radius 3 is 2.31 bits per heavy atom. The third-order valence-electron chi connectivity index (χ3n) is 6.24. The van der Waals surface area contributed by atoms with Crippen molar-refractivity contribution in [2.24, 2.45) is 0 Å². The fourth-order valence-electron chi connectivity index (χ4n) is 4.76. The normalized spacial score (nSPS) is 22.2. The fraction of sp³-hybridized carbons (Fsp3) is 0.455. The molecular weight excluding hydrogens is 326 g/mol. The topological polar surface area (TPSA) is 41.9 Å².